The Hall–Kier alpha value is -3.09. The predicted octanol–water partition coefficient (Wildman–Crippen LogP) is 2.75. The molecule has 0 saturated heterocycles. The molecular formula is C18H18N2O5. The first-order valence-electron chi connectivity index (χ1n) is 7.93. The van der Waals surface area contributed by atoms with E-state index in [-0.39, 0.29) is 18.4 Å². The van der Waals surface area contributed by atoms with E-state index < -0.39 is 12.0 Å². The number of amides is 2. The van der Waals surface area contributed by atoms with E-state index in [0.29, 0.717) is 28.3 Å². The predicted molar refractivity (Wildman–Crippen MR) is 90.7 cm³/mol. The minimum atomic E-state index is -0.692. The summed E-state index contributed by atoms with van der Waals surface area (Å²) in [6, 6.07) is 5.60. The minimum absolute atomic E-state index is 0.254. The first-order valence-corrected chi connectivity index (χ1v) is 7.93. The molecule has 3 rings (SSSR count). The minimum Gasteiger partial charge on any atom is -0.469 e. The molecule has 2 aromatic rings. The highest BCUT2D eigenvalue weighted by molar-refractivity contribution is 6.17. The van der Waals surface area contributed by atoms with Crippen LogP contribution in [-0.2, 0) is 9.53 Å². The summed E-state index contributed by atoms with van der Waals surface area (Å²) in [5, 5.41) is 2.73. The maximum Gasteiger partial charge on any atom is 0.338 e. The maximum atomic E-state index is 12.9. The van der Waals surface area contributed by atoms with E-state index in [0.717, 1.165) is 0 Å². The van der Waals surface area contributed by atoms with E-state index in [9.17, 15) is 14.4 Å². The van der Waals surface area contributed by atoms with Crippen molar-refractivity contribution in [2.75, 3.05) is 16.8 Å². The van der Waals surface area contributed by atoms with Gasteiger partial charge < -0.3 is 14.5 Å². The van der Waals surface area contributed by atoms with E-state index in [2.05, 4.69) is 5.32 Å². The van der Waals surface area contributed by atoms with Crippen molar-refractivity contribution in [2.45, 2.75) is 26.8 Å². The van der Waals surface area contributed by atoms with Crippen molar-refractivity contribution >= 4 is 29.2 Å². The quantitative estimate of drug-likeness (QED) is 0.867. The number of furan rings is 1. The summed E-state index contributed by atoms with van der Waals surface area (Å²) in [4.78, 5) is 38.5. The Morgan fingerprint density at radius 3 is 2.72 bits per heavy atom. The molecule has 1 aliphatic rings. The Kier molecular flexibility index (Phi) is 4.31. The number of nitrogens with one attached hydrogen (secondary N) is 1. The fourth-order valence-electron chi connectivity index (χ4n) is 2.77. The first kappa shape index (κ1) is 16.8. The molecule has 7 nitrogen and oxygen atoms in total. The number of aryl methyl sites for hydroxylation is 1. The van der Waals surface area contributed by atoms with Gasteiger partial charge in [-0.05, 0) is 45.0 Å². The summed E-state index contributed by atoms with van der Waals surface area (Å²) in [5.74, 6) is -0.670. The van der Waals surface area contributed by atoms with Gasteiger partial charge in [0.15, 0.2) is 0 Å². The molecule has 1 atom stereocenters. The summed E-state index contributed by atoms with van der Waals surface area (Å²) >= 11 is 0. The molecule has 1 unspecified atom stereocenters. The van der Waals surface area contributed by atoms with Crippen LogP contribution in [0.2, 0.25) is 0 Å². The average Bonchev–Trinajstić information content (AvgIpc) is 3.01. The third-order valence-corrected chi connectivity index (χ3v) is 4.10. The number of nitrogens with zero attached hydrogens (tertiary/aromatic N) is 1. The second kappa shape index (κ2) is 6.43. The molecule has 2 heterocycles. The SMILES string of the molecule is CCOC(=O)c1ccc2c(c1)NC(=O)C(C)N2C(=O)c1ccoc1C. The van der Waals surface area contributed by atoms with Crippen LogP contribution in [0, 0.1) is 6.92 Å². The number of carbonyl (C=O) groups excluding carboxylic acids is 3. The van der Waals surface area contributed by atoms with Gasteiger partial charge in [0, 0.05) is 0 Å². The second-order valence-corrected chi connectivity index (χ2v) is 5.68. The van der Waals surface area contributed by atoms with Gasteiger partial charge in [-0.15, -0.1) is 0 Å². The van der Waals surface area contributed by atoms with Gasteiger partial charge in [-0.3, -0.25) is 14.5 Å². The number of carbonyl (C=O) groups is 3. The van der Waals surface area contributed by atoms with Crippen LogP contribution in [-0.4, -0.2) is 30.4 Å². The van der Waals surface area contributed by atoms with Crippen LogP contribution in [0.5, 0.6) is 0 Å². The van der Waals surface area contributed by atoms with Gasteiger partial charge in [-0.2, -0.15) is 0 Å². The van der Waals surface area contributed by atoms with E-state index in [1.807, 2.05) is 0 Å². The van der Waals surface area contributed by atoms with Gasteiger partial charge in [-0.25, -0.2) is 4.79 Å². The van der Waals surface area contributed by atoms with Gasteiger partial charge in [0.1, 0.15) is 11.8 Å². The second-order valence-electron chi connectivity index (χ2n) is 5.68. The lowest BCUT2D eigenvalue weighted by atomic mass is 10.0. The number of esters is 1. The number of rotatable bonds is 3. The summed E-state index contributed by atoms with van der Waals surface area (Å²) in [5.41, 5.74) is 1.61. The summed E-state index contributed by atoms with van der Waals surface area (Å²) in [7, 11) is 0. The van der Waals surface area contributed by atoms with Crippen LogP contribution in [0.25, 0.3) is 0 Å². The number of benzene rings is 1. The van der Waals surface area contributed by atoms with Gasteiger partial charge in [0.2, 0.25) is 5.91 Å². The van der Waals surface area contributed by atoms with Crippen LogP contribution < -0.4 is 10.2 Å². The highest BCUT2D eigenvalue weighted by atomic mass is 16.5. The van der Waals surface area contributed by atoms with Crippen molar-refractivity contribution in [3.05, 3.63) is 47.4 Å². The fraction of sp³-hybridized carbons (Fsp3) is 0.278. The fourth-order valence-corrected chi connectivity index (χ4v) is 2.77. The molecule has 25 heavy (non-hydrogen) atoms. The van der Waals surface area contributed by atoms with Crippen molar-refractivity contribution in [1.29, 1.82) is 0 Å². The monoisotopic (exact) mass is 342 g/mol. The number of anilines is 2. The molecule has 0 saturated carbocycles. The molecular weight excluding hydrogens is 324 g/mol. The van der Waals surface area contributed by atoms with Crippen LogP contribution in [0.15, 0.2) is 34.9 Å². The molecule has 130 valence electrons. The van der Waals surface area contributed by atoms with Crippen molar-refractivity contribution < 1.29 is 23.5 Å². The lowest BCUT2D eigenvalue weighted by Crippen LogP contribution is -2.49. The normalized spacial score (nSPS) is 16.2. The zero-order valence-electron chi connectivity index (χ0n) is 14.2. The van der Waals surface area contributed by atoms with Gasteiger partial charge in [-0.1, -0.05) is 0 Å². The van der Waals surface area contributed by atoms with E-state index in [1.165, 1.54) is 17.2 Å². The van der Waals surface area contributed by atoms with E-state index in [1.54, 1.807) is 39.0 Å². The standard InChI is InChI=1S/C18H18N2O5/c1-4-24-18(23)12-5-6-15-14(9-12)19-16(21)10(2)20(15)17(22)13-7-8-25-11(13)3/h5-10H,4H2,1-3H3,(H,19,21). The smallest absolute Gasteiger partial charge is 0.338 e. The molecule has 0 spiro atoms. The number of fused-ring (bicyclic) bond motifs is 1. The van der Waals surface area contributed by atoms with Gasteiger partial charge >= 0.3 is 5.97 Å². The molecule has 1 N–H and O–H groups in total. The Bertz CT molecular complexity index is 855. The van der Waals surface area contributed by atoms with Crippen molar-refractivity contribution in [3.63, 3.8) is 0 Å². The first-order chi connectivity index (χ1) is 11.9. The molecule has 1 aliphatic heterocycles. The molecule has 7 heteroatoms. The summed E-state index contributed by atoms with van der Waals surface area (Å²) in [6.07, 6.45) is 1.43. The Labute approximate surface area is 144 Å². The molecule has 0 aliphatic carbocycles. The Morgan fingerprint density at radius 1 is 1.32 bits per heavy atom. The molecule has 1 aromatic heterocycles. The third-order valence-electron chi connectivity index (χ3n) is 4.10. The van der Waals surface area contributed by atoms with E-state index >= 15 is 0 Å². The Morgan fingerprint density at radius 2 is 2.08 bits per heavy atom. The highest BCUT2D eigenvalue weighted by Crippen LogP contribution is 2.34. The summed E-state index contributed by atoms with van der Waals surface area (Å²) in [6.45, 7) is 5.30. The average molecular weight is 342 g/mol. The van der Waals surface area contributed by atoms with Crippen LogP contribution >= 0.6 is 0 Å². The van der Waals surface area contributed by atoms with E-state index in [4.69, 9.17) is 9.15 Å². The zero-order chi connectivity index (χ0) is 18.1. The lowest BCUT2D eigenvalue weighted by Gasteiger charge is -2.34. The third kappa shape index (κ3) is 2.88. The van der Waals surface area contributed by atoms with Gasteiger partial charge in [0.05, 0.1) is 35.4 Å². The number of ether oxygens (including phenoxy) is 1. The van der Waals surface area contributed by atoms with Crippen molar-refractivity contribution in [1.82, 2.24) is 0 Å². The van der Waals surface area contributed by atoms with Crippen LogP contribution in [0.1, 0.15) is 40.3 Å². The lowest BCUT2D eigenvalue weighted by molar-refractivity contribution is -0.117. The van der Waals surface area contributed by atoms with Crippen LogP contribution in [0.3, 0.4) is 0 Å². The molecule has 0 bridgehead atoms. The van der Waals surface area contributed by atoms with Crippen molar-refractivity contribution in [2.24, 2.45) is 0 Å². The molecule has 1 aromatic carbocycles. The zero-order valence-corrected chi connectivity index (χ0v) is 14.2. The summed E-state index contributed by atoms with van der Waals surface area (Å²) < 4.78 is 10.2. The molecule has 2 amide bonds. The molecule has 0 fully saturated rings. The highest BCUT2D eigenvalue weighted by Gasteiger charge is 2.35. The number of hydrogen-bond acceptors (Lipinski definition) is 5. The molecule has 0 radical (unpaired) electrons. The van der Waals surface area contributed by atoms with Crippen molar-refractivity contribution in [3.8, 4) is 0 Å². The maximum absolute atomic E-state index is 12.9. The van der Waals surface area contributed by atoms with Crippen LogP contribution in [0.4, 0.5) is 11.4 Å². The number of hydrogen-bond donors (Lipinski definition) is 1. The topological polar surface area (TPSA) is 88.9 Å². The Balaban J connectivity index is 2.04. The largest absolute Gasteiger partial charge is 0.469 e. The van der Waals surface area contributed by atoms with Gasteiger partial charge in [0.25, 0.3) is 5.91 Å².